The summed E-state index contributed by atoms with van der Waals surface area (Å²) in [5.74, 6) is -1.74. The monoisotopic (exact) mass is 277 g/mol. The summed E-state index contributed by atoms with van der Waals surface area (Å²) in [5, 5.41) is 22.3. The minimum atomic E-state index is -1.43. The molecule has 1 aromatic heterocycles. The van der Waals surface area contributed by atoms with Gasteiger partial charge in [0.15, 0.2) is 0 Å². The molecule has 0 bridgehead atoms. The Morgan fingerprint density at radius 1 is 1.35 bits per heavy atom. The van der Waals surface area contributed by atoms with Gasteiger partial charge in [0.2, 0.25) is 0 Å². The van der Waals surface area contributed by atoms with E-state index in [1.807, 2.05) is 0 Å². The number of nitrogens with one attached hydrogen (secondary N) is 1. The van der Waals surface area contributed by atoms with E-state index >= 15 is 0 Å². The lowest BCUT2D eigenvalue weighted by molar-refractivity contribution is -0.385. The highest BCUT2D eigenvalue weighted by molar-refractivity contribution is 5.93. The highest BCUT2D eigenvalue weighted by Gasteiger charge is 2.21. The fourth-order valence-corrected chi connectivity index (χ4v) is 1.51. The van der Waals surface area contributed by atoms with E-state index in [0.717, 1.165) is 12.3 Å². The van der Waals surface area contributed by atoms with Crippen LogP contribution < -0.4 is 5.32 Å². The van der Waals surface area contributed by atoms with Gasteiger partial charge in [0.25, 0.3) is 0 Å². The van der Waals surface area contributed by atoms with Crippen LogP contribution in [0, 0.1) is 15.9 Å². The van der Waals surface area contributed by atoms with E-state index in [1.165, 1.54) is 24.3 Å². The Hall–Kier alpha value is -3.03. The number of carbonyl (C=O) groups is 1. The number of nitrogens with zero attached hydrogens (tertiary/aromatic N) is 2. The van der Waals surface area contributed by atoms with Crippen LogP contribution in [0.2, 0.25) is 0 Å². The molecule has 0 radical (unpaired) electrons. The number of nitro groups is 1. The van der Waals surface area contributed by atoms with Crippen LogP contribution in [0.5, 0.6) is 0 Å². The number of anilines is 2. The van der Waals surface area contributed by atoms with Gasteiger partial charge < -0.3 is 10.4 Å². The zero-order valence-electron chi connectivity index (χ0n) is 9.91. The van der Waals surface area contributed by atoms with Gasteiger partial charge in [-0.3, -0.25) is 10.1 Å². The molecule has 0 aliphatic heterocycles. The predicted octanol–water partition coefficient (Wildman–Crippen LogP) is 2.57. The minimum absolute atomic E-state index is 0.111. The molecule has 0 saturated heterocycles. The van der Waals surface area contributed by atoms with Crippen LogP contribution in [-0.4, -0.2) is 21.0 Å². The Labute approximate surface area is 111 Å². The van der Waals surface area contributed by atoms with Crippen molar-refractivity contribution in [2.24, 2.45) is 0 Å². The number of carboxylic acid groups (broad SMARTS) is 1. The molecule has 0 aliphatic rings. The number of pyridine rings is 1. The maximum absolute atomic E-state index is 12.7. The van der Waals surface area contributed by atoms with Gasteiger partial charge in [0, 0.05) is 11.8 Å². The third-order valence-corrected chi connectivity index (χ3v) is 2.43. The number of rotatable bonds is 4. The molecule has 0 spiro atoms. The Morgan fingerprint density at radius 2 is 2.00 bits per heavy atom. The summed E-state index contributed by atoms with van der Waals surface area (Å²) in [6, 6.07) is 6.33. The molecule has 102 valence electrons. The first-order valence-corrected chi connectivity index (χ1v) is 5.37. The molecule has 8 heteroatoms. The van der Waals surface area contributed by atoms with Gasteiger partial charge in [-0.15, -0.1) is 0 Å². The normalized spacial score (nSPS) is 10.1. The highest BCUT2D eigenvalue weighted by atomic mass is 19.1. The second-order valence-electron chi connectivity index (χ2n) is 3.78. The SMILES string of the molecule is O=C(O)c1cc(Nc2ccc(F)cc2)ncc1[N+](=O)[O-]. The second-order valence-corrected chi connectivity index (χ2v) is 3.78. The Balaban J connectivity index is 2.34. The van der Waals surface area contributed by atoms with Crippen LogP contribution in [-0.2, 0) is 0 Å². The third-order valence-electron chi connectivity index (χ3n) is 2.43. The van der Waals surface area contributed by atoms with Crippen molar-refractivity contribution in [2.75, 3.05) is 5.32 Å². The molecule has 2 rings (SSSR count). The van der Waals surface area contributed by atoms with E-state index < -0.39 is 28.0 Å². The van der Waals surface area contributed by atoms with Crippen molar-refractivity contribution in [2.45, 2.75) is 0 Å². The smallest absolute Gasteiger partial charge is 0.342 e. The molecule has 0 fully saturated rings. The lowest BCUT2D eigenvalue weighted by atomic mass is 10.2. The van der Waals surface area contributed by atoms with Gasteiger partial charge in [0.1, 0.15) is 23.4 Å². The Morgan fingerprint density at radius 3 is 2.55 bits per heavy atom. The third kappa shape index (κ3) is 2.86. The number of hydrogen-bond acceptors (Lipinski definition) is 5. The topological polar surface area (TPSA) is 105 Å². The zero-order valence-corrected chi connectivity index (χ0v) is 9.91. The van der Waals surface area contributed by atoms with Crippen LogP contribution in [0.15, 0.2) is 36.5 Å². The summed E-state index contributed by atoms with van der Waals surface area (Å²) in [5.41, 5.74) is -0.596. The van der Waals surface area contributed by atoms with Crippen molar-refractivity contribution < 1.29 is 19.2 Å². The van der Waals surface area contributed by atoms with Gasteiger partial charge >= 0.3 is 11.7 Å². The first kappa shape index (κ1) is 13.4. The summed E-state index contributed by atoms with van der Waals surface area (Å²) in [6.45, 7) is 0. The van der Waals surface area contributed by atoms with Crippen LogP contribution >= 0.6 is 0 Å². The van der Waals surface area contributed by atoms with Gasteiger partial charge in [-0.1, -0.05) is 0 Å². The molecule has 2 N–H and O–H groups in total. The van der Waals surface area contributed by atoms with E-state index in [9.17, 15) is 19.3 Å². The number of carboxylic acids is 1. The zero-order chi connectivity index (χ0) is 14.7. The molecule has 0 saturated carbocycles. The molecule has 7 nitrogen and oxygen atoms in total. The lowest BCUT2D eigenvalue weighted by Crippen LogP contribution is -2.05. The number of aromatic carboxylic acids is 1. The van der Waals surface area contributed by atoms with Gasteiger partial charge in [-0.2, -0.15) is 0 Å². The molecule has 0 unspecified atom stereocenters. The summed E-state index contributed by atoms with van der Waals surface area (Å²) in [4.78, 5) is 24.6. The van der Waals surface area contributed by atoms with Crippen molar-refractivity contribution in [1.29, 1.82) is 0 Å². The molecule has 1 aromatic carbocycles. The van der Waals surface area contributed by atoms with Crippen molar-refractivity contribution in [3.05, 3.63) is 58.0 Å². The average molecular weight is 277 g/mol. The van der Waals surface area contributed by atoms with Crippen LogP contribution in [0.25, 0.3) is 0 Å². The minimum Gasteiger partial charge on any atom is -0.477 e. The summed E-state index contributed by atoms with van der Waals surface area (Å²) < 4.78 is 12.7. The first-order valence-electron chi connectivity index (χ1n) is 5.37. The molecular weight excluding hydrogens is 269 g/mol. The van der Waals surface area contributed by atoms with Crippen LogP contribution in [0.1, 0.15) is 10.4 Å². The van der Waals surface area contributed by atoms with E-state index in [-0.39, 0.29) is 5.82 Å². The molecule has 20 heavy (non-hydrogen) atoms. The maximum Gasteiger partial charge on any atom is 0.342 e. The van der Waals surface area contributed by atoms with Gasteiger partial charge in [-0.05, 0) is 24.3 Å². The molecule has 0 aliphatic carbocycles. The molecule has 2 aromatic rings. The van der Waals surface area contributed by atoms with E-state index in [0.29, 0.717) is 5.69 Å². The fraction of sp³-hybridized carbons (Fsp3) is 0. The van der Waals surface area contributed by atoms with Gasteiger partial charge in [0.05, 0.1) is 4.92 Å². The quantitative estimate of drug-likeness (QED) is 0.657. The average Bonchev–Trinajstić information content (AvgIpc) is 2.41. The maximum atomic E-state index is 12.7. The predicted molar refractivity (Wildman–Crippen MR) is 67.5 cm³/mol. The van der Waals surface area contributed by atoms with Crippen molar-refractivity contribution in [3.63, 3.8) is 0 Å². The van der Waals surface area contributed by atoms with E-state index in [2.05, 4.69) is 10.3 Å². The number of benzene rings is 1. The standard InChI is InChI=1S/C12H8FN3O4/c13-7-1-3-8(4-2-7)15-11-5-9(12(17)18)10(6-14-11)16(19)20/h1-6H,(H,14,15)(H,17,18). The van der Waals surface area contributed by atoms with E-state index in [1.54, 1.807) is 0 Å². The number of aromatic nitrogens is 1. The van der Waals surface area contributed by atoms with E-state index in [4.69, 9.17) is 5.11 Å². The number of hydrogen-bond donors (Lipinski definition) is 2. The van der Waals surface area contributed by atoms with Crippen LogP contribution in [0.3, 0.4) is 0 Å². The molecule has 1 heterocycles. The summed E-state index contributed by atoms with van der Waals surface area (Å²) >= 11 is 0. The fourth-order valence-electron chi connectivity index (χ4n) is 1.51. The Bertz CT molecular complexity index is 673. The summed E-state index contributed by atoms with van der Waals surface area (Å²) in [6.07, 6.45) is 0.856. The second kappa shape index (κ2) is 5.31. The van der Waals surface area contributed by atoms with Crippen molar-refractivity contribution in [3.8, 4) is 0 Å². The summed E-state index contributed by atoms with van der Waals surface area (Å²) in [7, 11) is 0. The Kier molecular flexibility index (Phi) is 3.56. The van der Waals surface area contributed by atoms with Crippen molar-refractivity contribution in [1.82, 2.24) is 4.98 Å². The lowest BCUT2D eigenvalue weighted by Gasteiger charge is -2.06. The van der Waals surface area contributed by atoms with Gasteiger partial charge in [-0.25, -0.2) is 14.2 Å². The molecular formula is C12H8FN3O4. The molecule has 0 amide bonds. The number of halogens is 1. The highest BCUT2D eigenvalue weighted by Crippen LogP contribution is 2.22. The van der Waals surface area contributed by atoms with Crippen molar-refractivity contribution >= 4 is 23.2 Å². The molecule has 0 atom stereocenters. The van der Waals surface area contributed by atoms with Crippen LogP contribution in [0.4, 0.5) is 21.6 Å². The largest absolute Gasteiger partial charge is 0.477 e. The first-order chi connectivity index (χ1) is 9.47.